The predicted octanol–water partition coefficient (Wildman–Crippen LogP) is -3.98. The number of quaternary nitrogens is 2. The fourth-order valence-corrected chi connectivity index (χ4v) is 4.15. The van der Waals surface area contributed by atoms with Gasteiger partial charge in [-0.3, -0.25) is 4.79 Å². The molecule has 7 heteroatoms. The highest BCUT2D eigenvalue weighted by Gasteiger charge is 2.20. The first-order chi connectivity index (χ1) is 15.4. The van der Waals surface area contributed by atoms with E-state index in [4.69, 9.17) is 4.74 Å². The van der Waals surface area contributed by atoms with Gasteiger partial charge in [0.25, 0.3) is 0 Å². The van der Waals surface area contributed by atoms with Crippen molar-refractivity contribution in [3.8, 4) is 5.75 Å². The SMILES string of the molecule is CC(C[NH+](C)C)Oc1ccc(C(=O)CC[NH2+]C(C)C(O)c2ccccc2)c2ccccc12.[Cl-].[Cl-]. The molecule has 4 N–H and O–H groups in total. The molecule has 0 aromatic heterocycles. The number of aliphatic hydroxyl groups is 1. The van der Waals surface area contributed by atoms with Gasteiger partial charge in [0.05, 0.1) is 27.1 Å². The molecule has 0 saturated carbocycles. The van der Waals surface area contributed by atoms with Crippen molar-refractivity contribution in [1.82, 2.24) is 0 Å². The van der Waals surface area contributed by atoms with Crippen molar-refractivity contribution in [2.75, 3.05) is 27.2 Å². The van der Waals surface area contributed by atoms with Crippen LogP contribution in [0.2, 0.25) is 0 Å². The summed E-state index contributed by atoms with van der Waals surface area (Å²) in [6.45, 7) is 5.58. The van der Waals surface area contributed by atoms with Crippen molar-refractivity contribution in [1.29, 1.82) is 0 Å². The molecule has 3 aromatic carbocycles. The van der Waals surface area contributed by atoms with Crippen LogP contribution in [-0.4, -0.2) is 50.2 Å². The third-order valence-corrected chi connectivity index (χ3v) is 5.76. The zero-order valence-electron chi connectivity index (χ0n) is 20.3. The molecule has 3 unspecified atom stereocenters. The molecule has 0 spiro atoms. The van der Waals surface area contributed by atoms with Gasteiger partial charge in [-0.15, -0.1) is 0 Å². The number of nitrogens with two attached hydrogens (primary N) is 1. The summed E-state index contributed by atoms with van der Waals surface area (Å²) < 4.78 is 6.19. The van der Waals surface area contributed by atoms with E-state index in [1.165, 1.54) is 4.90 Å². The molecule has 0 saturated heterocycles. The topological polar surface area (TPSA) is 67.6 Å². The number of hydrogen-bond acceptors (Lipinski definition) is 3. The van der Waals surface area contributed by atoms with E-state index >= 15 is 0 Å². The van der Waals surface area contributed by atoms with E-state index in [0.29, 0.717) is 13.0 Å². The van der Waals surface area contributed by atoms with Gasteiger partial charge in [-0.25, -0.2) is 0 Å². The number of carbonyl (C=O) groups excluding carboxylic acids is 1. The number of halogens is 2. The van der Waals surface area contributed by atoms with E-state index in [-0.39, 0.29) is 42.7 Å². The Labute approximate surface area is 215 Å². The van der Waals surface area contributed by atoms with Crippen molar-refractivity contribution in [3.05, 3.63) is 77.9 Å². The summed E-state index contributed by atoms with van der Waals surface area (Å²) in [5.41, 5.74) is 1.62. The van der Waals surface area contributed by atoms with Crippen LogP contribution >= 0.6 is 0 Å². The monoisotopic (exact) mass is 506 g/mol. The number of carbonyl (C=O) groups is 1. The van der Waals surface area contributed by atoms with Gasteiger partial charge in [0, 0.05) is 10.9 Å². The van der Waals surface area contributed by atoms with Gasteiger partial charge in [0.2, 0.25) is 0 Å². The molecule has 0 radical (unpaired) electrons. The molecule has 3 atom stereocenters. The molecule has 34 heavy (non-hydrogen) atoms. The maximum atomic E-state index is 13.0. The third-order valence-electron chi connectivity index (χ3n) is 5.76. The summed E-state index contributed by atoms with van der Waals surface area (Å²) in [6, 6.07) is 21.4. The Bertz CT molecular complexity index is 1030. The molecule has 5 nitrogen and oxygen atoms in total. The molecule has 0 aliphatic heterocycles. The normalized spacial score (nSPS) is 13.5. The lowest BCUT2D eigenvalue weighted by atomic mass is 9.98. The minimum atomic E-state index is -0.561. The summed E-state index contributed by atoms with van der Waals surface area (Å²) in [7, 11) is 4.22. The number of likely N-dealkylation sites (N-methyl/N-ethyl adjacent to an activating group) is 1. The van der Waals surface area contributed by atoms with Gasteiger partial charge < -0.3 is 44.9 Å². The fraction of sp³-hybridized carbons (Fsp3) is 0.370. The second kappa shape index (κ2) is 14.3. The van der Waals surface area contributed by atoms with E-state index in [2.05, 4.69) is 21.0 Å². The van der Waals surface area contributed by atoms with Crippen LogP contribution in [0.1, 0.15) is 42.3 Å². The summed E-state index contributed by atoms with van der Waals surface area (Å²) in [4.78, 5) is 14.4. The number of hydrogen-bond donors (Lipinski definition) is 3. The van der Waals surface area contributed by atoms with Crippen LogP contribution in [0.4, 0.5) is 0 Å². The summed E-state index contributed by atoms with van der Waals surface area (Å²) in [6.07, 6.45) is -0.0668. The van der Waals surface area contributed by atoms with Gasteiger partial charge in [-0.1, -0.05) is 54.6 Å². The Hall–Kier alpha value is -2.15. The number of nitrogens with one attached hydrogen (secondary N) is 1. The highest BCUT2D eigenvalue weighted by Crippen LogP contribution is 2.30. The van der Waals surface area contributed by atoms with Crippen LogP contribution in [0.25, 0.3) is 10.8 Å². The van der Waals surface area contributed by atoms with Crippen molar-refractivity contribution in [2.24, 2.45) is 0 Å². The first-order valence-electron chi connectivity index (χ1n) is 11.4. The van der Waals surface area contributed by atoms with E-state index in [1.807, 2.05) is 79.0 Å². The third kappa shape index (κ3) is 7.97. The number of ether oxygens (including phenoxy) is 1. The van der Waals surface area contributed by atoms with E-state index in [0.717, 1.165) is 34.2 Å². The molecular weight excluding hydrogens is 471 g/mol. The average Bonchev–Trinajstić information content (AvgIpc) is 2.78. The van der Waals surface area contributed by atoms with Crippen LogP contribution in [0, 0.1) is 0 Å². The summed E-state index contributed by atoms with van der Waals surface area (Å²) >= 11 is 0. The molecule has 0 aliphatic carbocycles. The minimum absolute atomic E-state index is 0. The van der Waals surface area contributed by atoms with Crippen LogP contribution < -0.4 is 39.8 Å². The Balaban J connectivity index is 0.00000289. The lowest BCUT2D eigenvalue weighted by Gasteiger charge is -2.19. The van der Waals surface area contributed by atoms with Gasteiger partial charge in [0.1, 0.15) is 30.5 Å². The second-order valence-corrected chi connectivity index (χ2v) is 8.91. The Morgan fingerprint density at radius 2 is 1.56 bits per heavy atom. The largest absolute Gasteiger partial charge is 1.00 e. The standard InChI is InChI=1S/C27H34N2O3.2ClH/c1-19(18-29(3)4)32-26-15-14-23(22-12-8-9-13-24(22)26)25(30)16-17-28-20(2)27(31)21-10-6-5-7-11-21;;/h5-15,19-20,27-28,31H,16-18H2,1-4H3;2*1H. The summed E-state index contributed by atoms with van der Waals surface area (Å²) in [5.74, 6) is 0.924. The number of rotatable bonds is 11. The zero-order chi connectivity index (χ0) is 23.1. The lowest BCUT2D eigenvalue weighted by molar-refractivity contribution is -0.861. The first kappa shape index (κ1) is 29.9. The predicted molar refractivity (Wildman–Crippen MR) is 128 cm³/mol. The fourth-order valence-electron chi connectivity index (χ4n) is 4.15. The van der Waals surface area contributed by atoms with Crippen molar-refractivity contribution < 1.29 is 49.7 Å². The van der Waals surface area contributed by atoms with Crippen LogP contribution in [0.15, 0.2) is 66.7 Å². The van der Waals surface area contributed by atoms with Crippen LogP contribution in [-0.2, 0) is 0 Å². The Morgan fingerprint density at radius 3 is 2.21 bits per heavy atom. The van der Waals surface area contributed by atoms with Gasteiger partial charge in [0.15, 0.2) is 5.78 Å². The maximum absolute atomic E-state index is 13.0. The highest BCUT2D eigenvalue weighted by atomic mass is 35.5. The number of Topliss-reactive ketones (excluding diaryl/α,β-unsaturated/α-hetero) is 1. The first-order valence-corrected chi connectivity index (χ1v) is 11.4. The molecule has 0 fully saturated rings. The minimum Gasteiger partial charge on any atom is -1.00 e. The molecule has 0 aliphatic rings. The Kier molecular flexibility index (Phi) is 12.6. The molecule has 0 heterocycles. The van der Waals surface area contributed by atoms with Gasteiger partial charge >= 0.3 is 0 Å². The van der Waals surface area contributed by atoms with E-state index < -0.39 is 6.10 Å². The quantitative estimate of drug-likeness (QED) is 0.232. The number of benzene rings is 3. The number of aliphatic hydroxyl groups excluding tert-OH is 1. The number of fused-ring (bicyclic) bond motifs is 1. The molecule has 0 bridgehead atoms. The molecular formula is C27H36Cl2N2O3. The van der Waals surface area contributed by atoms with Crippen molar-refractivity contribution in [2.45, 2.75) is 38.5 Å². The second-order valence-electron chi connectivity index (χ2n) is 8.91. The van der Waals surface area contributed by atoms with Crippen molar-refractivity contribution in [3.63, 3.8) is 0 Å². The summed E-state index contributed by atoms with van der Waals surface area (Å²) in [5, 5.41) is 14.5. The van der Waals surface area contributed by atoms with Gasteiger partial charge in [-0.05, 0) is 36.9 Å². The average molecular weight is 508 g/mol. The van der Waals surface area contributed by atoms with Gasteiger partial charge in [-0.2, -0.15) is 0 Å². The van der Waals surface area contributed by atoms with Crippen LogP contribution in [0.5, 0.6) is 5.75 Å². The zero-order valence-corrected chi connectivity index (χ0v) is 21.8. The molecule has 3 aromatic rings. The maximum Gasteiger partial charge on any atom is 0.169 e. The lowest BCUT2D eigenvalue weighted by Crippen LogP contribution is -3.07. The highest BCUT2D eigenvalue weighted by molar-refractivity contribution is 6.09. The molecule has 0 amide bonds. The number of ketones is 1. The van der Waals surface area contributed by atoms with Crippen LogP contribution in [0.3, 0.4) is 0 Å². The Morgan fingerprint density at radius 1 is 0.941 bits per heavy atom. The molecule has 3 rings (SSSR count). The van der Waals surface area contributed by atoms with E-state index in [9.17, 15) is 9.90 Å². The molecule has 186 valence electrons. The van der Waals surface area contributed by atoms with E-state index in [1.54, 1.807) is 0 Å². The smallest absolute Gasteiger partial charge is 0.169 e. The van der Waals surface area contributed by atoms with Crippen molar-refractivity contribution >= 4 is 16.6 Å².